The second-order valence-corrected chi connectivity index (χ2v) is 4.55. The van der Waals surface area contributed by atoms with E-state index in [1.54, 1.807) is 12.4 Å². The molecule has 1 aromatic carbocycles. The number of pyridine rings is 1. The van der Waals surface area contributed by atoms with E-state index in [1.165, 1.54) is 17.1 Å². The van der Waals surface area contributed by atoms with Gasteiger partial charge in [-0.1, -0.05) is 6.07 Å². The van der Waals surface area contributed by atoms with Gasteiger partial charge < -0.3 is 0 Å². The number of aromatic nitrogens is 1. The zero-order valence-corrected chi connectivity index (χ0v) is 10.9. The summed E-state index contributed by atoms with van der Waals surface area (Å²) < 4.78 is 14.0. The summed E-state index contributed by atoms with van der Waals surface area (Å²) in [5.74, 6) is -0.652. The van der Waals surface area contributed by atoms with Crippen molar-refractivity contribution in [3.8, 4) is 0 Å². The van der Waals surface area contributed by atoms with E-state index in [1.807, 2.05) is 12.1 Å². The van der Waals surface area contributed by atoms with E-state index >= 15 is 0 Å². The van der Waals surface area contributed by atoms with Gasteiger partial charge in [0, 0.05) is 37.0 Å². The first-order valence-electron chi connectivity index (χ1n) is 6.34. The topological polar surface area (TPSA) is 71.6 Å². The Kier molecular flexibility index (Phi) is 3.31. The number of benzene rings is 1. The standard InChI is InChI=1S/C14H11FN4O2/c15-12-8-11(19(20)21)3-4-14(12)18-7-5-13(17-18)10-2-1-6-16-9-10/h1-4,6,8-9H,5,7H2. The van der Waals surface area contributed by atoms with E-state index in [0.717, 1.165) is 17.3 Å². The Morgan fingerprint density at radius 3 is 2.86 bits per heavy atom. The minimum Gasteiger partial charge on any atom is -0.264 e. The van der Waals surface area contributed by atoms with E-state index in [-0.39, 0.29) is 11.4 Å². The van der Waals surface area contributed by atoms with Crippen molar-refractivity contribution < 1.29 is 9.31 Å². The van der Waals surface area contributed by atoms with Crippen molar-refractivity contribution in [1.29, 1.82) is 0 Å². The van der Waals surface area contributed by atoms with Crippen LogP contribution in [0.25, 0.3) is 0 Å². The van der Waals surface area contributed by atoms with Crippen LogP contribution in [0.2, 0.25) is 0 Å². The number of anilines is 1. The third kappa shape index (κ3) is 2.58. The number of halogens is 1. The summed E-state index contributed by atoms with van der Waals surface area (Å²) in [5, 5.41) is 16.5. The smallest absolute Gasteiger partial charge is 0.264 e. The maximum Gasteiger partial charge on any atom is 0.272 e. The molecular formula is C14H11FN4O2. The largest absolute Gasteiger partial charge is 0.272 e. The highest BCUT2D eigenvalue weighted by Crippen LogP contribution is 2.27. The van der Waals surface area contributed by atoms with Crippen molar-refractivity contribution >= 4 is 17.1 Å². The van der Waals surface area contributed by atoms with Crippen molar-refractivity contribution in [3.63, 3.8) is 0 Å². The van der Waals surface area contributed by atoms with Crippen molar-refractivity contribution in [2.45, 2.75) is 6.42 Å². The molecule has 0 radical (unpaired) electrons. The molecule has 0 fully saturated rings. The molecule has 1 aliphatic heterocycles. The predicted molar refractivity (Wildman–Crippen MR) is 75.8 cm³/mol. The third-order valence-electron chi connectivity index (χ3n) is 3.22. The first-order chi connectivity index (χ1) is 10.1. The Morgan fingerprint density at radius 2 is 2.19 bits per heavy atom. The number of nitro benzene ring substituents is 1. The van der Waals surface area contributed by atoms with Gasteiger partial charge in [0.2, 0.25) is 0 Å². The van der Waals surface area contributed by atoms with E-state index in [2.05, 4.69) is 10.1 Å². The average molecular weight is 286 g/mol. The second kappa shape index (κ2) is 5.28. The summed E-state index contributed by atoms with van der Waals surface area (Å²) in [4.78, 5) is 14.0. The van der Waals surface area contributed by atoms with Gasteiger partial charge in [0.15, 0.2) is 5.82 Å². The van der Waals surface area contributed by atoms with Crippen molar-refractivity contribution in [1.82, 2.24) is 4.98 Å². The number of nitro groups is 1. The fourth-order valence-electron chi connectivity index (χ4n) is 2.19. The maximum absolute atomic E-state index is 14.0. The minimum absolute atomic E-state index is 0.236. The fraction of sp³-hybridized carbons (Fsp3) is 0.143. The highest BCUT2D eigenvalue weighted by atomic mass is 19.1. The Bertz CT molecular complexity index is 718. The van der Waals surface area contributed by atoms with Crippen LogP contribution in [0.3, 0.4) is 0 Å². The Labute approximate surface area is 119 Å². The van der Waals surface area contributed by atoms with Gasteiger partial charge in [-0.05, 0) is 12.1 Å². The zero-order valence-electron chi connectivity index (χ0n) is 10.9. The highest BCUT2D eigenvalue weighted by molar-refractivity contribution is 6.02. The molecule has 0 bridgehead atoms. The number of hydrazone groups is 1. The normalized spacial score (nSPS) is 14.1. The molecule has 2 heterocycles. The number of hydrogen-bond acceptors (Lipinski definition) is 5. The van der Waals surface area contributed by atoms with Gasteiger partial charge in [-0.3, -0.25) is 20.1 Å². The monoisotopic (exact) mass is 286 g/mol. The highest BCUT2D eigenvalue weighted by Gasteiger charge is 2.21. The molecule has 0 spiro atoms. The summed E-state index contributed by atoms with van der Waals surface area (Å²) in [5.41, 5.74) is 1.68. The van der Waals surface area contributed by atoms with Crippen LogP contribution in [0.5, 0.6) is 0 Å². The third-order valence-corrected chi connectivity index (χ3v) is 3.22. The van der Waals surface area contributed by atoms with Gasteiger partial charge in [-0.15, -0.1) is 0 Å². The van der Waals surface area contributed by atoms with Gasteiger partial charge >= 0.3 is 0 Å². The van der Waals surface area contributed by atoms with Crippen LogP contribution in [0.15, 0.2) is 47.8 Å². The van der Waals surface area contributed by atoms with Crippen LogP contribution in [0.4, 0.5) is 15.8 Å². The van der Waals surface area contributed by atoms with Crippen molar-refractivity contribution in [3.05, 3.63) is 64.2 Å². The SMILES string of the molecule is O=[N+]([O-])c1ccc(N2CCC(c3cccnc3)=N2)c(F)c1. The molecule has 6 nitrogen and oxygen atoms in total. The van der Waals surface area contributed by atoms with E-state index in [0.29, 0.717) is 13.0 Å². The van der Waals surface area contributed by atoms with Crippen LogP contribution in [0, 0.1) is 15.9 Å². The average Bonchev–Trinajstić information content (AvgIpc) is 2.97. The molecule has 0 saturated heterocycles. The number of nitrogens with zero attached hydrogens (tertiary/aromatic N) is 4. The summed E-state index contributed by atoms with van der Waals surface area (Å²) in [6.07, 6.45) is 4.05. The van der Waals surface area contributed by atoms with Gasteiger partial charge in [-0.25, -0.2) is 4.39 Å². The molecule has 3 rings (SSSR count). The van der Waals surface area contributed by atoms with E-state index in [4.69, 9.17) is 0 Å². The molecule has 0 aliphatic carbocycles. The zero-order chi connectivity index (χ0) is 14.8. The van der Waals surface area contributed by atoms with Crippen molar-refractivity contribution in [2.24, 2.45) is 5.10 Å². The van der Waals surface area contributed by atoms with E-state index < -0.39 is 10.7 Å². The van der Waals surface area contributed by atoms with Crippen LogP contribution in [-0.4, -0.2) is 22.2 Å². The van der Waals surface area contributed by atoms with Gasteiger partial charge in [-0.2, -0.15) is 5.10 Å². The van der Waals surface area contributed by atoms with Crippen LogP contribution >= 0.6 is 0 Å². The number of rotatable bonds is 3. The summed E-state index contributed by atoms with van der Waals surface area (Å²) >= 11 is 0. The molecule has 0 saturated carbocycles. The molecule has 2 aromatic rings. The lowest BCUT2D eigenvalue weighted by molar-refractivity contribution is -0.385. The van der Waals surface area contributed by atoms with Crippen LogP contribution in [-0.2, 0) is 0 Å². The molecule has 0 N–H and O–H groups in total. The molecular weight excluding hydrogens is 275 g/mol. The molecule has 0 amide bonds. The van der Waals surface area contributed by atoms with Gasteiger partial charge in [0.1, 0.15) is 0 Å². The lowest BCUT2D eigenvalue weighted by atomic mass is 10.1. The molecule has 7 heteroatoms. The number of hydrogen-bond donors (Lipinski definition) is 0. The Balaban J connectivity index is 1.89. The molecule has 21 heavy (non-hydrogen) atoms. The first kappa shape index (κ1) is 13.2. The van der Waals surface area contributed by atoms with Gasteiger partial charge in [0.05, 0.1) is 22.4 Å². The first-order valence-corrected chi connectivity index (χ1v) is 6.34. The minimum atomic E-state index is -0.652. The molecule has 106 valence electrons. The quantitative estimate of drug-likeness (QED) is 0.642. The molecule has 1 aromatic heterocycles. The summed E-state index contributed by atoms with van der Waals surface area (Å²) in [7, 11) is 0. The maximum atomic E-state index is 14.0. The van der Waals surface area contributed by atoms with Crippen LogP contribution in [0.1, 0.15) is 12.0 Å². The van der Waals surface area contributed by atoms with Crippen LogP contribution < -0.4 is 5.01 Å². The molecule has 0 unspecified atom stereocenters. The van der Waals surface area contributed by atoms with E-state index in [9.17, 15) is 14.5 Å². The summed E-state index contributed by atoms with van der Waals surface area (Å²) in [6, 6.07) is 7.26. The Morgan fingerprint density at radius 1 is 1.33 bits per heavy atom. The van der Waals surface area contributed by atoms with Gasteiger partial charge in [0.25, 0.3) is 5.69 Å². The predicted octanol–water partition coefficient (Wildman–Crippen LogP) is 2.74. The second-order valence-electron chi connectivity index (χ2n) is 4.55. The lowest BCUT2D eigenvalue weighted by Crippen LogP contribution is -2.13. The number of non-ortho nitro benzene ring substituents is 1. The molecule has 0 atom stereocenters. The molecule has 1 aliphatic rings. The fourth-order valence-corrected chi connectivity index (χ4v) is 2.19. The lowest BCUT2D eigenvalue weighted by Gasteiger charge is -2.13. The summed E-state index contributed by atoms with van der Waals surface area (Å²) in [6.45, 7) is 0.527. The van der Waals surface area contributed by atoms with Crippen molar-refractivity contribution in [2.75, 3.05) is 11.6 Å². The Hall–Kier alpha value is -2.83.